The molecule has 144 valence electrons. The molecule has 1 saturated heterocycles. The van der Waals surface area contributed by atoms with E-state index in [2.05, 4.69) is 0 Å². The first kappa shape index (κ1) is 18.7. The Balaban J connectivity index is 1.55. The number of carbonyl (C=O) groups is 2. The zero-order chi connectivity index (χ0) is 20.4. The Morgan fingerprint density at radius 2 is 1.83 bits per heavy atom. The fourth-order valence-corrected chi connectivity index (χ4v) is 3.71. The molecule has 0 saturated carbocycles. The summed E-state index contributed by atoms with van der Waals surface area (Å²) in [7, 11) is 0. The number of carbonyl (C=O) groups excluding carboxylic acids is 2. The highest BCUT2D eigenvalue weighted by Crippen LogP contribution is 2.34. The number of non-ortho nitro benzene ring substituents is 1. The minimum atomic E-state index is -0.476. The molecule has 2 amide bonds. The summed E-state index contributed by atoms with van der Waals surface area (Å²) in [5.41, 5.74) is 1.38. The molecule has 0 atom stereocenters. The van der Waals surface area contributed by atoms with Gasteiger partial charge < -0.3 is 4.42 Å². The van der Waals surface area contributed by atoms with E-state index in [1.807, 2.05) is 30.3 Å². The van der Waals surface area contributed by atoms with Crippen molar-refractivity contribution < 1.29 is 18.9 Å². The van der Waals surface area contributed by atoms with Gasteiger partial charge in [-0.05, 0) is 29.5 Å². The number of furan rings is 1. The Labute approximate surface area is 169 Å². The fourth-order valence-electron chi connectivity index (χ4n) is 2.89. The standard InChI is InChI=1S/C21H14N2O5S/c24-20-19(29-21(25)22(20)13-14-5-2-1-3-6-14)12-17-9-10-18(28-17)15-7-4-8-16(11-15)23(26)27/h1-12H,13H2/b19-12+. The lowest BCUT2D eigenvalue weighted by Gasteiger charge is -2.11. The van der Waals surface area contributed by atoms with Crippen molar-refractivity contribution in [3.05, 3.63) is 93.1 Å². The third kappa shape index (κ3) is 3.97. The molecule has 1 aliphatic heterocycles. The Hall–Kier alpha value is -3.65. The number of amides is 2. The summed E-state index contributed by atoms with van der Waals surface area (Å²) in [6, 6.07) is 18.7. The normalized spacial score (nSPS) is 15.3. The Morgan fingerprint density at radius 1 is 1.03 bits per heavy atom. The molecule has 1 fully saturated rings. The van der Waals surface area contributed by atoms with Crippen LogP contribution in [0.4, 0.5) is 10.5 Å². The molecule has 29 heavy (non-hydrogen) atoms. The summed E-state index contributed by atoms with van der Waals surface area (Å²) in [5.74, 6) is 0.442. The zero-order valence-corrected chi connectivity index (χ0v) is 15.8. The molecular weight excluding hydrogens is 392 g/mol. The Morgan fingerprint density at radius 3 is 2.59 bits per heavy atom. The van der Waals surface area contributed by atoms with Gasteiger partial charge in [-0.2, -0.15) is 0 Å². The van der Waals surface area contributed by atoms with Crippen molar-refractivity contribution in [3.8, 4) is 11.3 Å². The van der Waals surface area contributed by atoms with Crippen molar-refractivity contribution in [3.63, 3.8) is 0 Å². The first-order valence-corrected chi connectivity index (χ1v) is 9.47. The lowest BCUT2D eigenvalue weighted by atomic mass is 10.1. The van der Waals surface area contributed by atoms with Gasteiger partial charge in [0.2, 0.25) is 0 Å². The van der Waals surface area contributed by atoms with E-state index in [1.54, 1.807) is 24.3 Å². The number of hydrogen-bond acceptors (Lipinski definition) is 6. The molecule has 3 aromatic rings. The largest absolute Gasteiger partial charge is 0.457 e. The SMILES string of the molecule is O=C1S/C(=C/c2ccc(-c3cccc([N+](=O)[O-])c3)o2)C(=O)N1Cc1ccccc1. The van der Waals surface area contributed by atoms with Crippen LogP contribution in [-0.4, -0.2) is 21.0 Å². The molecular formula is C21H14N2O5S. The average molecular weight is 406 g/mol. The van der Waals surface area contributed by atoms with E-state index in [4.69, 9.17) is 4.42 Å². The van der Waals surface area contributed by atoms with Crippen LogP contribution in [0.1, 0.15) is 11.3 Å². The Kier molecular flexibility index (Phi) is 5.01. The van der Waals surface area contributed by atoms with Crippen LogP contribution in [0.2, 0.25) is 0 Å². The molecule has 7 nitrogen and oxygen atoms in total. The lowest BCUT2D eigenvalue weighted by molar-refractivity contribution is -0.384. The van der Waals surface area contributed by atoms with Crippen LogP contribution < -0.4 is 0 Å². The molecule has 0 bridgehead atoms. The molecule has 0 aliphatic carbocycles. The summed E-state index contributed by atoms with van der Waals surface area (Å²) in [4.78, 5) is 36.8. The maximum absolute atomic E-state index is 12.6. The summed E-state index contributed by atoms with van der Waals surface area (Å²) < 4.78 is 5.71. The van der Waals surface area contributed by atoms with Crippen LogP contribution in [0.3, 0.4) is 0 Å². The van der Waals surface area contributed by atoms with Crippen molar-refractivity contribution in [2.24, 2.45) is 0 Å². The van der Waals surface area contributed by atoms with Gasteiger partial charge in [0.1, 0.15) is 11.5 Å². The van der Waals surface area contributed by atoms with Gasteiger partial charge in [-0.1, -0.05) is 42.5 Å². The van der Waals surface area contributed by atoms with E-state index in [0.717, 1.165) is 17.3 Å². The van der Waals surface area contributed by atoms with Crippen LogP contribution in [0, 0.1) is 10.1 Å². The molecule has 0 spiro atoms. The van der Waals surface area contributed by atoms with Gasteiger partial charge in [0.25, 0.3) is 16.8 Å². The van der Waals surface area contributed by atoms with E-state index in [1.165, 1.54) is 23.1 Å². The number of thioether (sulfide) groups is 1. The van der Waals surface area contributed by atoms with Crippen molar-refractivity contribution in [2.45, 2.75) is 6.54 Å². The number of hydrogen-bond donors (Lipinski definition) is 0. The second-order valence-electron chi connectivity index (χ2n) is 6.26. The highest BCUT2D eigenvalue weighted by molar-refractivity contribution is 8.18. The summed E-state index contributed by atoms with van der Waals surface area (Å²) >= 11 is 0.857. The van der Waals surface area contributed by atoms with Crippen LogP contribution >= 0.6 is 11.8 Å². The van der Waals surface area contributed by atoms with Gasteiger partial charge in [-0.25, -0.2) is 0 Å². The first-order chi connectivity index (χ1) is 14.0. The van der Waals surface area contributed by atoms with Gasteiger partial charge in [0, 0.05) is 23.8 Å². The summed E-state index contributed by atoms with van der Waals surface area (Å²) in [6.07, 6.45) is 1.51. The van der Waals surface area contributed by atoms with E-state index >= 15 is 0 Å². The third-order valence-corrected chi connectivity index (χ3v) is 5.21. The fraction of sp³-hybridized carbons (Fsp3) is 0.0476. The maximum atomic E-state index is 12.6. The highest BCUT2D eigenvalue weighted by atomic mass is 32.2. The summed E-state index contributed by atoms with van der Waals surface area (Å²) in [5, 5.41) is 10.6. The van der Waals surface area contributed by atoms with Crippen LogP contribution in [-0.2, 0) is 11.3 Å². The van der Waals surface area contributed by atoms with Gasteiger partial charge in [-0.15, -0.1) is 0 Å². The topological polar surface area (TPSA) is 93.7 Å². The van der Waals surface area contributed by atoms with Crippen molar-refractivity contribution in [2.75, 3.05) is 0 Å². The Bertz CT molecular complexity index is 1140. The van der Waals surface area contributed by atoms with Crippen LogP contribution in [0.15, 0.2) is 76.1 Å². The van der Waals surface area contributed by atoms with Crippen molar-refractivity contribution >= 4 is 34.7 Å². The number of rotatable bonds is 5. The quantitative estimate of drug-likeness (QED) is 0.333. The lowest BCUT2D eigenvalue weighted by Crippen LogP contribution is -2.27. The van der Waals surface area contributed by atoms with Gasteiger partial charge in [0.15, 0.2) is 0 Å². The van der Waals surface area contributed by atoms with Crippen LogP contribution in [0.5, 0.6) is 0 Å². The second-order valence-corrected chi connectivity index (χ2v) is 7.26. The minimum Gasteiger partial charge on any atom is -0.457 e. The minimum absolute atomic E-state index is 0.0394. The maximum Gasteiger partial charge on any atom is 0.293 e. The van der Waals surface area contributed by atoms with Crippen molar-refractivity contribution in [1.29, 1.82) is 0 Å². The molecule has 0 radical (unpaired) electrons. The number of nitrogens with zero attached hydrogens (tertiary/aromatic N) is 2. The van der Waals surface area contributed by atoms with Gasteiger partial charge in [-0.3, -0.25) is 24.6 Å². The van der Waals surface area contributed by atoms with E-state index < -0.39 is 4.92 Å². The first-order valence-electron chi connectivity index (χ1n) is 8.65. The smallest absolute Gasteiger partial charge is 0.293 e. The van der Waals surface area contributed by atoms with Gasteiger partial charge in [0.05, 0.1) is 16.4 Å². The monoisotopic (exact) mass is 406 g/mol. The predicted octanol–water partition coefficient (Wildman–Crippen LogP) is 5.09. The zero-order valence-electron chi connectivity index (χ0n) is 15.0. The number of benzene rings is 2. The summed E-state index contributed by atoms with van der Waals surface area (Å²) in [6.45, 7) is 0.208. The molecule has 0 N–H and O–H groups in total. The molecule has 0 unspecified atom stereocenters. The number of imide groups is 1. The van der Waals surface area contributed by atoms with E-state index in [-0.39, 0.29) is 28.3 Å². The molecule has 1 aliphatic rings. The molecule has 2 heterocycles. The molecule has 1 aromatic heterocycles. The second kappa shape index (κ2) is 7.76. The average Bonchev–Trinajstić information content (AvgIpc) is 3.29. The van der Waals surface area contributed by atoms with Crippen molar-refractivity contribution in [1.82, 2.24) is 4.90 Å². The molecule has 4 rings (SSSR count). The van der Waals surface area contributed by atoms with E-state index in [0.29, 0.717) is 17.1 Å². The molecule has 2 aromatic carbocycles. The predicted molar refractivity (Wildman–Crippen MR) is 109 cm³/mol. The number of nitro groups is 1. The highest BCUT2D eigenvalue weighted by Gasteiger charge is 2.35. The van der Waals surface area contributed by atoms with Gasteiger partial charge >= 0.3 is 0 Å². The third-order valence-electron chi connectivity index (χ3n) is 4.30. The number of nitro benzene ring substituents is 1. The molecule has 8 heteroatoms. The van der Waals surface area contributed by atoms with Crippen LogP contribution in [0.25, 0.3) is 17.4 Å². The van der Waals surface area contributed by atoms with E-state index in [9.17, 15) is 19.7 Å².